The third kappa shape index (κ3) is 3.51. The lowest BCUT2D eigenvalue weighted by Crippen LogP contribution is -2.44. The molecule has 19 heavy (non-hydrogen) atoms. The average molecular weight is 267 g/mol. The fourth-order valence-corrected chi connectivity index (χ4v) is 2.84. The third-order valence-electron chi connectivity index (χ3n) is 4.31. The Morgan fingerprint density at radius 2 is 2.11 bits per heavy atom. The van der Waals surface area contributed by atoms with Gasteiger partial charge < -0.3 is 10.5 Å². The van der Waals surface area contributed by atoms with Crippen molar-refractivity contribution >= 4 is 0 Å². The second-order valence-corrected chi connectivity index (χ2v) is 5.95. The maximum absolute atomic E-state index is 6.04. The molecule has 1 saturated carbocycles. The summed E-state index contributed by atoms with van der Waals surface area (Å²) in [4.78, 5) is 1.45. The number of rotatable bonds is 5. The quantitative estimate of drug-likeness (QED) is 0.869. The Hall–Kier alpha value is -1.01. The molecule has 1 aliphatic carbocycles. The fraction of sp³-hybridized carbons (Fsp3) is 0.923. The molecule has 1 fully saturated rings. The molecule has 0 spiro atoms. The molecule has 0 amide bonds. The van der Waals surface area contributed by atoms with Gasteiger partial charge in [-0.05, 0) is 42.7 Å². The summed E-state index contributed by atoms with van der Waals surface area (Å²) >= 11 is 0. The lowest BCUT2D eigenvalue weighted by atomic mass is 9.74. The number of aryl methyl sites for hydroxylation is 1. The molecule has 0 aliphatic heterocycles. The largest absolute Gasteiger partial charge is 0.366 e. The van der Waals surface area contributed by atoms with Crippen LogP contribution in [0.25, 0.3) is 0 Å². The smallest absolute Gasteiger partial charge is 0.200 e. The van der Waals surface area contributed by atoms with Crippen LogP contribution in [0.15, 0.2) is 0 Å². The summed E-state index contributed by atoms with van der Waals surface area (Å²) in [6.45, 7) is 5.56. The van der Waals surface area contributed by atoms with Crippen LogP contribution >= 0.6 is 0 Å². The highest BCUT2D eigenvalue weighted by atomic mass is 16.5. The van der Waals surface area contributed by atoms with Crippen LogP contribution in [0.2, 0.25) is 0 Å². The van der Waals surface area contributed by atoms with Crippen LogP contribution in [0.4, 0.5) is 0 Å². The number of hydrogen-bond acceptors (Lipinski definition) is 5. The molecule has 0 unspecified atom stereocenters. The van der Waals surface area contributed by atoms with Gasteiger partial charge in [-0.3, -0.25) is 0 Å². The highest BCUT2D eigenvalue weighted by Crippen LogP contribution is 2.37. The average Bonchev–Trinajstić information content (AvgIpc) is 2.83. The zero-order chi connectivity index (χ0) is 13.9. The van der Waals surface area contributed by atoms with Crippen molar-refractivity contribution in [3.8, 4) is 0 Å². The summed E-state index contributed by atoms with van der Waals surface area (Å²) in [5, 5.41) is 11.9. The zero-order valence-corrected chi connectivity index (χ0v) is 12.2. The normalized spacial score (nSPS) is 27.9. The number of tetrazole rings is 1. The molecule has 6 heteroatoms. The van der Waals surface area contributed by atoms with E-state index in [2.05, 4.69) is 29.3 Å². The number of aromatic nitrogens is 4. The molecular formula is C13H25N5O. The van der Waals surface area contributed by atoms with Crippen LogP contribution < -0.4 is 5.73 Å². The predicted octanol–water partition coefficient (Wildman–Crippen LogP) is 1.27. The Morgan fingerprint density at radius 3 is 2.58 bits per heavy atom. The number of hydrogen-bond donors (Lipinski definition) is 1. The van der Waals surface area contributed by atoms with Crippen molar-refractivity contribution in [2.45, 2.75) is 51.7 Å². The van der Waals surface area contributed by atoms with E-state index in [0.717, 1.165) is 24.7 Å². The Morgan fingerprint density at radius 1 is 1.42 bits per heavy atom. The van der Waals surface area contributed by atoms with E-state index in [1.165, 1.54) is 17.6 Å². The maximum Gasteiger partial charge on any atom is 0.200 e. The van der Waals surface area contributed by atoms with E-state index in [4.69, 9.17) is 10.5 Å². The molecule has 1 aliphatic rings. The van der Waals surface area contributed by atoms with Crippen molar-refractivity contribution in [3.63, 3.8) is 0 Å². The molecule has 2 N–H and O–H groups in total. The van der Waals surface area contributed by atoms with Gasteiger partial charge in [0, 0.05) is 6.54 Å². The monoisotopic (exact) mass is 267 g/mol. The fourth-order valence-electron chi connectivity index (χ4n) is 2.84. The Kier molecular flexibility index (Phi) is 4.52. The van der Waals surface area contributed by atoms with Crippen molar-refractivity contribution in [2.24, 2.45) is 24.6 Å². The predicted molar refractivity (Wildman–Crippen MR) is 72.2 cm³/mol. The number of nitrogens with zero attached hydrogens (tertiary/aromatic N) is 4. The van der Waals surface area contributed by atoms with Crippen LogP contribution in [-0.2, 0) is 18.4 Å². The molecule has 0 saturated heterocycles. The second-order valence-electron chi connectivity index (χ2n) is 5.95. The highest BCUT2D eigenvalue weighted by Gasteiger charge is 2.36. The summed E-state index contributed by atoms with van der Waals surface area (Å²) in [6, 6.07) is 0. The topological polar surface area (TPSA) is 78.9 Å². The van der Waals surface area contributed by atoms with Gasteiger partial charge in [0.1, 0.15) is 6.61 Å². The molecule has 2 rings (SSSR count). The number of nitrogens with two attached hydrogens (primary N) is 1. The molecule has 0 radical (unpaired) electrons. The third-order valence-corrected chi connectivity index (χ3v) is 4.31. The van der Waals surface area contributed by atoms with Crippen molar-refractivity contribution in [2.75, 3.05) is 6.54 Å². The van der Waals surface area contributed by atoms with E-state index in [1.807, 2.05) is 0 Å². The minimum atomic E-state index is -0.190. The van der Waals surface area contributed by atoms with Gasteiger partial charge in [0.15, 0.2) is 5.82 Å². The SMILES string of the molecule is CC(C)C1CCC(CN)(OCc2nnn(C)n2)CC1. The van der Waals surface area contributed by atoms with Gasteiger partial charge in [-0.2, -0.15) is 4.80 Å². The Labute approximate surface area is 114 Å². The summed E-state index contributed by atoms with van der Waals surface area (Å²) in [5.74, 6) is 2.18. The van der Waals surface area contributed by atoms with Crippen LogP contribution in [0.5, 0.6) is 0 Å². The molecule has 0 aromatic carbocycles. The first kappa shape index (κ1) is 14.4. The summed E-state index contributed by atoms with van der Waals surface area (Å²) < 4.78 is 6.04. The van der Waals surface area contributed by atoms with Crippen LogP contribution in [0.1, 0.15) is 45.4 Å². The molecule has 0 atom stereocenters. The van der Waals surface area contributed by atoms with Gasteiger partial charge in [-0.25, -0.2) is 0 Å². The van der Waals surface area contributed by atoms with E-state index in [-0.39, 0.29) is 5.60 Å². The minimum absolute atomic E-state index is 0.190. The zero-order valence-electron chi connectivity index (χ0n) is 12.2. The molecule has 1 heterocycles. The van der Waals surface area contributed by atoms with Gasteiger partial charge >= 0.3 is 0 Å². The van der Waals surface area contributed by atoms with E-state index in [0.29, 0.717) is 19.0 Å². The van der Waals surface area contributed by atoms with Crippen LogP contribution in [0.3, 0.4) is 0 Å². The van der Waals surface area contributed by atoms with Crippen molar-refractivity contribution in [1.82, 2.24) is 20.2 Å². The van der Waals surface area contributed by atoms with Crippen LogP contribution in [0, 0.1) is 11.8 Å². The maximum atomic E-state index is 6.04. The van der Waals surface area contributed by atoms with E-state index in [1.54, 1.807) is 7.05 Å². The second kappa shape index (κ2) is 5.96. The van der Waals surface area contributed by atoms with Gasteiger partial charge in [-0.15, -0.1) is 10.2 Å². The first-order valence-corrected chi connectivity index (χ1v) is 7.11. The molecule has 6 nitrogen and oxygen atoms in total. The lowest BCUT2D eigenvalue weighted by molar-refractivity contribution is -0.0862. The summed E-state index contributed by atoms with van der Waals surface area (Å²) in [5.41, 5.74) is 5.75. The van der Waals surface area contributed by atoms with Crippen molar-refractivity contribution in [1.29, 1.82) is 0 Å². The van der Waals surface area contributed by atoms with Crippen molar-refractivity contribution in [3.05, 3.63) is 5.82 Å². The summed E-state index contributed by atoms with van der Waals surface area (Å²) in [7, 11) is 1.75. The molecule has 1 aromatic rings. The molecule has 108 valence electrons. The van der Waals surface area contributed by atoms with E-state index >= 15 is 0 Å². The molecule has 0 bridgehead atoms. The Bertz CT molecular complexity index is 395. The van der Waals surface area contributed by atoms with Crippen LogP contribution in [-0.4, -0.2) is 32.4 Å². The van der Waals surface area contributed by atoms with Gasteiger partial charge in [0.2, 0.25) is 0 Å². The molecule has 1 aromatic heterocycles. The number of ether oxygens (including phenoxy) is 1. The van der Waals surface area contributed by atoms with Gasteiger partial charge in [0.05, 0.1) is 12.6 Å². The minimum Gasteiger partial charge on any atom is -0.366 e. The first-order valence-electron chi connectivity index (χ1n) is 7.11. The van der Waals surface area contributed by atoms with E-state index in [9.17, 15) is 0 Å². The van der Waals surface area contributed by atoms with Gasteiger partial charge in [0.25, 0.3) is 0 Å². The van der Waals surface area contributed by atoms with Crippen molar-refractivity contribution < 1.29 is 4.74 Å². The Balaban J connectivity index is 1.89. The highest BCUT2D eigenvalue weighted by molar-refractivity contribution is 4.90. The lowest BCUT2D eigenvalue weighted by Gasteiger charge is -2.40. The molecular weight excluding hydrogens is 242 g/mol. The standard InChI is InChI=1S/C13H25N5O/c1-10(2)11-4-6-13(9-14,7-5-11)19-8-12-15-17-18(3)16-12/h10-11H,4-9,14H2,1-3H3. The van der Waals surface area contributed by atoms with E-state index < -0.39 is 0 Å². The summed E-state index contributed by atoms with van der Waals surface area (Å²) in [6.07, 6.45) is 4.46. The van der Waals surface area contributed by atoms with Gasteiger partial charge in [-0.1, -0.05) is 13.8 Å². The first-order chi connectivity index (χ1) is 9.04.